The fourth-order valence-electron chi connectivity index (χ4n) is 1.87. The van der Waals surface area contributed by atoms with Crippen LogP contribution in [0, 0.1) is 20.8 Å². The van der Waals surface area contributed by atoms with Gasteiger partial charge in [-0.15, -0.1) is 11.3 Å². The van der Waals surface area contributed by atoms with Crippen LogP contribution in [-0.4, -0.2) is 11.6 Å². The lowest BCUT2D eigenvalue weighted by Gasteiger charge is -2.09. The van der Waals surface area contributed by atoms with E-state index in [1.165, 1.54) is 16.0 Å². The predicted octanol–water partition coefficient (Wildman–Crippen LogP) is 4.12. The Kier molecular flexibility index (Phi) is 4.88. The van der Waals surface area contributed by atoms with E-state index in [4.69, 9.17) is 4.74 Å². The lowest BCUT2D eigenvalue weighted by atomic mass is 10.1. The Bertz CT molecular complexity index is 563. The maximum absolute atomic E-state index is 5.85. The molecule has 0 saturated heterocycles. The Morgan fingerprint density at radius 1 is 1.26 bits per heavy atom. The van der Waals surface area contributed by atoms with Crippen molar-refractivity contribution in [3.05, 3.63) is 44.9 Å². The predicted molar refractivity (Wildman–Crippen MR) is 84.7 cm³/mol. The monoisotopic (exact) mass is 293 g/mol. The van der Waals surface area contributed by atoms with Gasteiger partial charge < -0.3 is 4.74 Å². The fourth-order valence-corrected chi connectivity index (χ4v) is 3.20. The third-order valence-electron chi connectivity index (χ3n) is 3.21. The fraction of sp³-hybridized carbons (Fsp3) is 0.400. The first-order valence-electron chi connectivity index (χ1n) is 6.37. The van der Waals surface area contributed by atoms with E-state index in [-0.39, 0.29) is 0 Å². The molecule has 0 spiro atoms. The van der Waals surface area contributed by atoms with E-state index >= 15 is 0 Å². The summed E-state index contributed by atoms with van der Waals surface area (Å²) in [6, 6.07) is 6.16. The quantitative estimate of drug-likeness (QED) is 0.838. The van der Waals surface area contributed by atoms with Gasteiger partial charge in [0.25, 0.3) is 0 Å². The van der Waals surface area contributed by atoms with Gasteiger partial charge in [-0.3, -0.25) is 0 Å². The molecule has 0 radical (unpaired) electrons. The van der Waals surface area contributed by atoms with Gasteiger partial charge in [-0.1, -0.05) is 12.1 Å². The Hall–Kier alpha value is -1.000. The molecule has 0 aliphatic rings. The third kappa shape index (κ3) is 3.51. The summed E-state index contributed by atoms with van der Waals surface area (Å²) in [4.78, 5) is 5.80. The second kappa shape index (κ2) is 6.44. The second-order valence-corrected chi connectivity index (χ2v) is 6.06. The molecule has 2 rings (SSSR count). The minimum Gasteiger partial charge on any atom is -0.493 e. The molecule has 102 valence electrons. The van der Waals surface area contributed by atoms with Crippen molar-refractivity contribution in [3.63, 3.8) is 0 Å². The van der Waals surface area contributed by atoms with Crippen LogP contribution in [0.3, 0.4) is 0 Å². The molecule has 19 heavy (non-hydrogen) atoms. The molecule has 0 unspecified atom stereocenters. The normalized spacial score (nSPS) is 10.7. The van der Waals surface area contributed by atoms with Gasteiger partial charge >= 0.3 is 0 Å². The van der Waals surface area contributed by atoms with Crippen LogP contribution in [0.25, 0.3) is 0 Å². The molecule has 0 amide bonds. The number of rotatable bonds is 5. The van der Waals surface area contributed by atoms with Crippen molar-refractivity contribution in [2.24, 2.45) is 0 Å². The maximum Gasteiger partial charge on any atom is 0.122 e. The third-order valence-corrected chi connectivity index (χ3v) is 4.96. The summed E-state index contributed by atoms with van der Waals surface area (Å²) >= 11 is 6.04. The van der Waals surface area contributed by atoms with E-state index in [0.29, 0.717) is 6.61 Å². The zero-order valence-electron chi connectivity index (χ0n) is 11.6. The molecule has 1 heterocycles. The van der Waals surface area contributed by atoms with Crippen molar-refractivity contribution in [1.82, 2.24) is 4.98 Å². The first-order chi connectivity index (χ1) is 9.11. The zero-order chi connectivity index (χ0) is 13.8. The largest absolute Gasteiger partial charge is 0.493 e. The van der Waals surface area contributed by atoms with Gasteiger partial charge in [0.15, 0.2) is 0 Å². The lowest BCUT2D eigenvalue weighted by molar-refractivity contribution is 0.319. The molecule has 0 N–H and O–H groups in total. The summed E-state index contributed by atoms with van der Waals surface area (Å²) < 4.78 is 5.85. The number of benzene rings is 1. The molecule has 0 aliphatic heterocycles. The molecule has 0 aliphatic carbocycles. The number of thiol groups is 1. The van der Waals surface area contributed by atoms with Crippen molar-refractivity contribution in [2.45, 2.75) is 32.9 Å². The van der Waals surface area contributed by atoms with Gasteiger partial charge in [-0.25, -0.2) is 4.98 Å². The van der Waals surface area contributed by atoms with E-state index < -0.39 is 0 Å². The van der Waals surface area contributed by atoms with Crippen LogP contribution in [0.5, 0.6) is 5.75 Å². The highest BCUT2D eigenvalue weighted by Gasteiger charge is 2.07. The van der Waals surface area contributed by atoms with Crippen molar-refractivity contribution in [3.8, 4) is 5.75 Å². The molecule has 2 aromatic rings. The van der Waals surface area contributed by atoms with E-state index in [1.807, 2.05) is 19.1 Å². The highest BCUT2D eigenvalue weighted by Crippen LogP contribution is 2.22. The number of nitrogens with zero attached hydrogens (tertiary/aromatic N) is 1. The molecule has 1 aromatic heterocycles. The molecule has 1 aromatic carbocycles. The Morgan fingerprint density at radius 2 is 2.05 bits per heavy atom. The zero-order valence-corrected chi connectivity index (χ0v) is 13.3. The van der Waals surface area contributed by atoms with Crippen molar-refractivity contribution < 1.29 is 4.74 Å². The SMILES string of the molecule is Cc1cccc(OCCc2nc(C)c(CS)s2)c1C. The molecule has 0 atom stereocenters. The highest BCUT2D eigenvalue weighted by molar-refractivity contribution is 7.79. The number of hydrogen-bond acceptors (Lipinski definition) is 4. The minimum absolute atomic E-state index is 0.670. The van der Waals surface area contributed by atoms with Crippen molar-refractivity contribution >= 4 is 24.0 Å². The summed E-state index contributed by atoms with van der Waals surface area (Å²) in [5, 5.41) is 1.13. The summed E-state index contributed by atoms with van der Waals surface area (Å²) in [5.74, 6) is 1.74. The lowest BCUT2D eigenvalue weighted by Crippen LogP contribution is -2.02. The minimum atomic E-state index is 0.670. The highest BCUT2D eigenvalue weighted by atomic mass is 32.1. The number of aromatic nitrogens is 1. The molecule has 2 nitrogen and oxygen atoms in total. The standard InChI is InChI=1S/C15H19NOS2/c1-10-5-4-6-13(11(10)2)17-8-7-15-16-12(3)14(9-18)19-15/h4-6,18H,7-9H2,1-3H3. The Morgan fingerprint density at radius 3 is 2.74 bits per heavy atom. The first-order valence-corrected chi connectivity index (χ1v) is 7.81. The number of aryl methyl sites for hydroxylation is 2. The van der Waals surface area contributed by atoms with Crippen LogP contribution < -0.4 is 4.74 Å². The molecule has 0 bridgehead atoms. The Labute approximate surface area is 124 Å². The number of hydrogen-bond donors (Lipinski definition) is 1. The van der Waals surface area contributed by atoms with Crippen molar-refractivity contribution in [1.29, 1.82) is 0 Å². The van der Waals surface area contributed by atoms with Crippen LogP contribution in [0.15, 0.2) is 18.2 Å². The summed E-state index contributed by atoms with van der Waals surface area (Å²) in [5.41, 5.74) is 3.58. The molecular formula is C15H19NOS2. The molecular weight excluding hydrogens is 274 g/mol. The second-order valence-electron chi connectivity index (χ2n) is 4.57. The molecule has 0 saturated carbocycles. The summed E-state index contributed by atoms with van der Waals surface area (Å²) in [7, 11) is 0. The van der Waals surface area contributed by atoms with Gasteiger partial charge in [0.1, 0.15) is 5.75 Å². The Balaban J connectivity index is 1.94. The average molecular weight is 293 g/mol. The van der Waals surface area contributed by atoms with Gasteiger partial charge in [-0.05, 0) is 38.0 Å². The first kappa shape index (κ1) is 14.4. The van der Waals surface area contributed by atoms with E-state index in [0.717, 1.165) is 28.6 Å². The van der Waals surface area contributed by atoms with Gasteiger partial charge in [-0.2, -0.15) is 12.6 Å². The number of thiazole rings is 1. The topological polar surface area (TPSA) is 22.1 Å². The van der Waals surface area contributed by atoms with Crippen LogP contribution in [-0.2, 0) is 12.2 Å². The van der Waals surface area contributed by atoms with Crippen LogP contribution >= 0.6 is 24.0 Å². The maximum atomic E-state index is 5.85. The van der Waals surface area contributed by atoms with Gasteiger partial charge in [0.2, 0.25) is 0 Å². The van der Waals surface area contributed by atoms with Gasteiger partial charge in [0, 0.05) is 17.1 Å². The van der Waals surface area contributed by atoms with Crippen LogP contribution in [0.4, 0.5) is 0 Å². The molecule has 0 fully saturated rings. The summed E-state index contributed by atoms with van der Waals surface area (Å²) in [6.07, 6.45) is 0.854. The van der Waals surface area contributed by atoms with Crippen LogP contribution in [0.2, 0.25) is 0 Å². The van der Waals surface area contributed by atoms with Crippen molar-refractivity contribution in [2.75, 3.05) is 6.61 Å². The molecule has 4 heteroatoms. The summed E-state index contributed by atoms with van der Waals surface area (Å²) in [6.45, 7) is 6.91. The van der Waals surface area contributed by atoms with Crippen LogP contribution in [0.1, 0.15) is 26.7 Å². The van der Waals surface area contributed by atoms with E-state index in [9.17, 15) is 0 Å². The smallest absolute Gasteiger partial charge is 0.122 e. The van der Waals surface area contributed by atoms with Gasteiger partial charge in [0.05, 0.1) is 17.3 Å². The van der Waals surface area contributed by atoms with E-state index in [2.05, 4.69) is 37.5 Å². The van der Waals surface area contributed by atoms with E-state index in [1.54, 1.807) is 11.3 Å². The number of ether oxygens (including phenoxy) is 1. The average Bonchev–Trinajstić information content (AvgIpc) is 2.75.